The summed E-state index contributed by atoms with van der Waals surface area (Å²) in [5.74, 6) is -12.1. The molecule has 0 bridgehead atoms. The second kappa shape index (κ2) is 56.9. The number of nitrogens with zero attached hydrogens (tertiary/aromatic N) is 6. The Morgan fingerprint density at radius 2 is 0.576 bits per heavy atom. The van der Waals surface area contributed by atoms with Crippen LogP contribution in [0.1, 0.15) is 271 Å². The second-order valence-corrected chi connectivity index (χ2v) is 33.8. The minimum atomic E-state index is -1.32. The van der Waals surface area contributed by atoms with E-state index in [4.69, 9.17) is 17.2 Å². The Morgan fingerprint density at radius 1 is 0.326 bits per heavy atom. The topological polar surface area (TPSA) is 435 Å². The Labute approximate surface area is 770 Å². The zero-order valence-corrected chi connectivity index (χ0v) is 78.5. The average Bonchev–Trinajstić information content (AvgIpc) is 0.818. The number of nitrogens with one attached hydrogen (secondary N) is 6. The van der Waals surface area contributed by atoms with Crippen molar-refractivity contribution in [2.45, 2.75) is 217 Å². The molecule has 6 rings (SSSR count). The van der Waals surface area contributed by atoms with Crippen molar-refractivity contribution in [2.75, 3.05) is 79.0 Å². The number of benzene rings is 6. The lowest BCUT2D eigenvalue weighted by Gasteiger charge is -2.31. The Morgan fingerprint density at radius 3 is 0.818 bits per heavy atom. The van der Waals surface area contributed by atoms with E-state index in [0.29, 0.717) is 116 Å². The van der Waals surface area contributed by atoms with Gasteiger partial charge in [-0.05, 0) is 184 Å². The summed E-state index contributed by atoms with van der Waals surface area (Å²) in [5.41, 5.74) is 25.2. The van der Waals surface area contributed by atoms with E-state index in [1.807, 2.05) is 69.2 Å². The predicted molar refractivity (Wildman–Crippen MR) is 491 cm³/mol. The van der Waals surface area contributed by atoms with Crippen molar-refractivity contribution < 1.29 is 99.2 Å². The van der Waals surface area contributed by atoms with Gasteiger partial charge in [0.1, 0.15) is 34.9 Å². The molecular formula is C96H135F6N15O15. The van der Waals surface area contributed by atoms with Gasteiger partial charge in [-0.1, -0.05) is 103 Å². The number of likely N-dealkylation sites (N-methyl/N-ethyl adjacent to an activating group) is 1. The Bertz CT molecular complexity index is 4780. The van der Waals surface area contributed by atoms with Crippen LogP contribution in [0.25, 0.3) is 0 Å². The summed E-state index contributed by atoms with van der Waals surface area (Å²) in [5, 5.41) is 46.3. The number of carbonyl (C=O) groups excluding carboxylic acids is 12. The van der Waals surface area contributed by atoms with E-state index in [2.05, 4.69) is 32.2 Å². The molecule has 0 radical (unpaired) electrons. The molecule has 726 valence electrons. The molecule has 0 aliphatic carbocycles. The van der Waals surface area contributed by atoms with Gasteiger partial charge < -0.3 is 63.2 Å². The maximum absolute atomic E-state index is 14.1. The van der Waals surface area contributed by atoms with Gasteiger partial charge in [-0.2, -0.15) is 0 Å². The lowest BCUT2D eigenvalue weighted by Crippen LogP contribution is -2.54. The van der Waals surface area contributed by atoms with Crippen LogP contribution in [-0.2, 0) is 33.6 Å². The van der Waals surface area contributed by atoms with Crippen LogP contribution in [0.15, 0.2) is 109 Å². The van der Waals surface area contributed by atoms with E-state index in [9.17, 15) is 99.2 Å². The monoisotopic (exact) mass is 1850 g/mol. The third-order valence-electron chi connectivity index (χ3n) is 20.5. The maximum Gasteiger partial charge on any atom is 0.253 e. The van der Waals surface area contributed by atoms with Gasteiger partial charge in [-0.3, -0.25) is 73.8 Å². The smallest absolute Gasteiger partial charge is 0.253 e. The van der Waals surface area contributed by atoms with E-state index in [1.165, 1.54) is 71.7 Å². The molecule has 0 aliphatic rings. The summed E-state index contributed by atoms with van der Waals surface area (Å²) in [7, 11) is 1.54. The molecule has 36 heteroatoms. The third-order valence-corrected chi connectivity index (χ3v) is 20.5. The second-order valence-electron chi connectivity index (χ2n) is 33.8. The largest absolute Gasteiger partial charge is 0.390 e. The predicted octanol–water partition coefficient (Wildman–Crippen LogP) is 10.3. The first kappa shape index (κ1) is 113. The van der Waals surface area contributed by atoms with Gasteiger partial charge in [-0.25, -0.2) is 41.4 Å². The summed E-state index contributed by atoms with van der Waals surface area (Å²) >= 11 is 0. The van der Waals surface area contributed by atoms with Crippen molar-refractivity contribution in [3.8, 4) is 0 Å². The Hall–Kier alpha value is -11.7. The van der Waals surface area contributed by atoms with Crippen LogP contribution in [0, 0.1) is 52.7 Å². The number of hydrogen-bond donors (Lipinski definition) is 12. The quantitative estimate of drug-likeness (QED) is 0.0125. The van der Waals surface area contributed by atoms with Crippen LogP contribution in [0.2, 0.25) is 0 Å². The van der Waals surface area contributed by atoms with Gasteiger partial charge in [0.2, 0.25) is 35.4 Å². The van der Waals surface area contributed by atoms with Crippen LogP contribution < -0.4 is 49.4 Å². The van der Waals surface area contributed by atoms with Gasteiger partial charge in [0.05, 0.1) is 36.4 Å². The molecule has 12 amide bonds. The fourth-order valence-electron chi connectivity index (χ4n) is 14.1. The first-order valence-electron chi connectivity index (χ1n) is 45.0. The number of rotatable bonds is 51. The number of primary amides is 3. The number of amides is 12. The van der Waals surface area contributed by atoms with Crippen LogP contribution in [-0.4, -0.2) is 231 Å². The molecule has 0 saturated carbocycles. The highest BCUT2D eigenvalue weighted by Gasteiger charge is 2.33. The number of halogens is 6. The van der Waals surface area contributed by atoms with E-state index in [0.717, 1.165) is 48.9 Å². The lowest BCUT2D eigenvalue weighted by molar-refractivity contribution is -0.130. The number of hydrazine groups is 3. The SMILES string of the molecule is CCCCN(CC(O)C(Cc1cc(F)cc(F)c1)NC(=O)c1cc(C(N)=O)cc(C(=O)N(CCC)CCC)c1)NC(=O)C(C)C.CCCN(CC(O)C(Cc1cc(F)cc(F)c1)NC(=O)c1cc(C(N)=O)cc(C(=O)N(CCC)CCC)c1)NC(=O)C(C)C.CCCN(CCC)C(=O)c1cc(C(N)=O)cc(C(=O)NC(Cc2cc(F)cc(F)c2)C(O)CN(C)NC(=O)CC(C)C)c1. The standard InChI is InChI=1S/C33H47F2N5O5.C32H45F2N5O5.C31H43F2N5O5/c1-6-9-12-40(38-31(43)21(4)5)20-29(41)28(15-22-13-26(34)19-27(35)14-22)37-32(44)24-16-23(30(36)42)17-25(18-24)33(45)39(10-7-2)11-8-3;1-6-9-38(10-7-2)32(44)24-16-22(29(35)41)15-23(17-24)31(43)36-27(14-21-12-25(33)18-26(34)13-21)28(40)19-39(11-8-3)37-30(42)20(4)5;1-6-8-38(9-7-2)31(43)23-15-21(29(34)41)14-22(16-23)30(42)35-26(13-20-11-24(32)17-25(33)12-20)27(39)18-37(5)36-28(40)10-19(3)4/h13-14,16-19,21,28-29,41H,6-12,15,20H2,1-5H3,(H2,36,42)(H,37,44)(H,38,43);12-13,15-18,20,27-28,40H,6-11,14,19H2,1-5H3,(H2,35,41)(H,36,43)(H,37,42);11-12,14-17,19,26-27,39H,6-10,13,18H2,1-5H3,(H2,34,41)(H,35,42)(H,36,40). The van der Waals surface area contributed by atoms with E-state index >= 15 is 0 Å². The maximum atomic E-state index is 14.1. The normalized spacial score (nSPS) is 12.6. The molecule has 0 saturated heterocycles. The van der Waals surface area contributed by atoms with Crippen LogP contribution >= 0.6 is 0 Å². The lowest BCUT2D eigenvalue weighted by atomic mass is 9.99. The van der Waals surface area contributed by atoms with Crippen molar-refractivity contribution in [1.82, 2.24) is 62.0 Å². The van der Waals surface area contributed by atoms with E-state index < -0.39 is 107 Å². The molecule has 6 atom stereocenters. The molecule has 0 aromatic heterocycles. The number of nitrogens with two attached hydrogens (primary N) is 3. The minimum absolute atomic E-state index is 0.0506. The van der Waals surface area contributed by atoms with Gasteiger partial charge in [0.25, 0.3) is 35.4 Å². The molecule has 132 heavy (non-hydrogen) atoms. The third kappa shape index (κ3) is 38.6. The Balaban J connectivity index is 0.000000414. The van der Waals surface area contributed by atoms with Crippen molar-refractivity contribution in [3.63, 3.8) is 0 Å². The van der Waals surface area contributed by atoms with E-state index in [1.54, 1.807) is 47.4 Å². The highest BCUT2D eigenvalue weighted by atomic mass is 19.2. The number of aliphatic hydroxyl groups is 3. The van der Waals surface area contributed by atoms with Crippen molar-refractivity contribution in [3.05, 3.63) is 211 Å². The van der Waals surface area contributed by atoms with E-state index in [-0.39, 0.29) is 165 Å². The molecular weight excluding hydrogens is 1720 g/mol. The average molecular weight is 1850 g/mol. The fourth-order valence-corrected chi connectivity index (χ4v) is 14.1. The first-order valence-corrected chi connectivity index (χ1v) is 45.0. The van der Waals surface area contributed by atoms with Crippen molar-refractivity contribution in [1.29, 1.82) is 0 Å². The summed E-state index contributed by atoms with van der Waals surface area (Å²) in [6, 6.07) is 17.2. The number of hydrogen-bond acceptors (Lipinski definition) is 18. The van der Waals surface area contributed by atoms with Gasteiger partial charge in [-0.15, -0.1) is 0 Å². The number of carbonyl (C=O) groups is 12. The minimum Gasteiger partial charge on any atom is -0.390 e. The summed E-state index contributed by atoms with van der Waals surface area (Å²) < 4.78 is 84.1. The van der Waals surface area contributed by atoms with Gasteiger partial charge >= 0.3 is 0 Å². The zero-order chi connectivity index (χ0) is 98.9. The first-order chi connectivity index (χ1) is 62.3. The van der Waals surface area contributed by atoms with Crippen molar-refractivity contribution in [2.24, 2.45) is 35.0 Å². The summed E-state index contributed by atoms with van der Waals surface area (Å²) in [6.07, 6.45) is 2.25. The zero-order valence-electron chi connectivity index (χ0n) is 78.5. The number of unbranched alkanes of at least 4 members (excludes halogenated alkanes) is 1. The Kier molecular flexibility index (Phi) is 48.5. The van der Waals surface area contributed by atoms with Crippen LogP contribution in [0.5, 0.6) is 0 Å². The van der Waals surface area contributed by atoms with Gasteiger partial charge in [0, 0.05) is 166 Å². The summed E-state index contributed by atoms with van der Waals surface area (Å²) in [6.45, 7) is 29.5. The molecule has 0 heterocycles. The van der Waals surface area contributed by atoms with Gasteiger partial charge in [0.15, 0.2) is 0 Å². The summed E-state index contributed by atoms with van der Waals surface area (Å²) in [4.78, 5) is 159. The highest BCUT2D eigenvalue weighted by Crippen LogP contribution is 2.23. The molecule has 6 aromatic rings. The van der Waals surface area contributed by atoms with Crippen LogP contribution in [0.3, 0.4) is 0 Å². The molecule has 0 aliphatic heterocycles. The number of aliphatic hydroxyl groups excluding tert-OH is 3. The highest BCUT2D eigenvalue weighted by molar-refractivity contribution is 6.07. The van der Waals surface area contributed by atoms with Crippen molar-refractivity contribution >= 4 is 70.9 Å². The molecule has 15 N–H and O–H groups in total. The molecule has 30 nitrogen and oxygen atoms in total. The molecule has 6 aromatic carbocycles. The van der Waals surface area contributed by atoms with Crippen LogP contribution in [0.4, 0.5) is 26.3 Å². The molecule has 0 fully saturated rings. The molecule has 0 spiro atoms. The molecule has 6 unspecified atom stereocenters. The fraction of sp³-hybridized carbons (Fsp3) is 0.500.